The fraction of sp³-hybridized carbons (Fsp3) is 0.538. The first-order valence-corrected chi connectivity index (χ1v) is 6.93. The van der Waals surface area contributed by atoms with E-state index in [2.05, 4.69) is 33.1 Å². The van der Waals surface area contributed by atoms with Crippen LogP contribution in [0.15, 0.2) is 22.7 Å². The second-order valence-electron chi connectivity index (χ2n) is 4.48. The molecule has 1 atom stereocenters. The summed E-state index contributed by atoms with van der Waals surface area (Å²) in [5.74, 6) is -0.194. The fourth-order valence-corrected chi connectivity index (χ4v) is 2.83. The van der Waals surface area contributed by atoms with Crippen LogP contribution in [0.25, 0.3) is 0 Å². The molecule has 1 aromatic carbocycles. The number of nitrogens with one attached hydrogen (secondary N) is 1. The SMILES string of the molecule is CCCNC1CCN(c2ccc(F)cc2Br)C1. The highest BCUT2D eigenvalue weighted by Gasteiger charge is 2.23. The summed E-state index contributed by atoms with van der Waals surface area (Å²) in [4.78, 5) is 2.30. The number of rotatable bonds is 4. The molecule has 0 saturated carbocycles. The van der Waals surface area contributed by atoms with E-state index in [0.29, 0.717) is 6.04 Å². The molecule has 0 spiro atoms. The third kappa shape index (κ3) is 3.19. The van der Waals surface area contributed by atoms with Crippen molar-refractivity contribution in [2.75, 3.05) is 24.5 Å². The van der Waals surface area contributed by atoms with Gasteiger partial charge >= 0.3 is 0 Å². The maximum Gasteiger partial charge on any atom is 0.124 e. The predicted octanol–water partition coefficient (Wildman–Crippen LogP) is 3.17. The molecule has 1 aliphatic heterocycles. The van der Waals surface area contributed by atoms with Crippen LogP contribution in [0, 0.1) is 5.82 Å². The molecule has 0 amide bonds. The second-order valence-corrected chi connectivity index (χ2v) is 5.34. The Morgan fingerprint density at radius 1 is 1.53 bits per heavy atom. The van der Waals surface area contributed by atoms with Gasteiger partial charge in [-0.05, 0) is 53.5 Å². The summed E-state index contributed by atoms with van der Waals surface area (Å²) in [6, 6.07) is 5.46. The van der Waals surface area contributed by atoms with E-state index in [4.69, 9.17) is 0 Å². The quantitative estimate of drug-likeness (QED) is 0.919. The van der Waals surface area contributed by atoms with Gasteiger partial charge in [-0.3, -0.25) is 0 Å². The second kappa shape index (κ2) is 5.83. The van der Waals surface area contributed by atoms with Crippen LogP contribution in [0.5, 0.6) is 0 Å². The topological polar surface area (TPSA) is 15.3 Å². The van der Waals surface area contributed by atoms with Gasteiger partial charge in [0.05, 0.1) is 5.69 Å². The number of nitrogens with zero attached hydrogens (tertiary/aromatic N) is 1. The molecule has 1 saturated heterocycles. The lowest BCUT2D eigenvalue weighted by Gasteiger charge is -2.20. The molecule has 1 N–H and O–H groups in total. The maximum atomic E-state index is 13.0. The van der Waals surface area contributed by atoms with Gasteiger partial charge in [0.25, 0.3) is 0 Å². The molecule has 1 unspecified atom stereocenters. The van der Waals surface area contributed by atoms with E-state index in [0.717, 1.165) is 42.6 Å². The van der Waals surface area contributed by atoms with Crippen LogP contribution in [-0.2, 0) is 0 Å². The van der Waals surface area contributed by atoms with E-state index in [9.17, 15) is 4.39 Å². The first-order valence-electron chi connectivity index (χ1n) is 6.14. The van der Waals surface area contributed by atoms with Gasteiger partial charge in [0.1, 0.15) is 5.82 Å². The highest BCUT2D eigenvalue weighted by atomic mass is 79.9. The molecule has 1 fully saturated rings. The van der Waals surface area contributed by atoms with Crippen LogP contribution >= 0.6 is 15.9 Å². The number of hydrogen-bond donors (Lipinski definition) is 1. The van der Waals surface area contributed by atoms with E-state index >= 15 is 0 Å². The van der Waals surface area contributed by atoms with Crippen LogP contribution in [-0.4, -0.2) is 25.7 Å². The van der Waals surface area contributed by atoms with Gasteiger partial charge in [0, 0.05) is 23.6 Å². The Labute approximate surface area is 110 Å². The predicted molar refractivity (Wildman–Crippen MR) is 73.0 cm³/mol. The van der Waals surface area contributed by atoms with Gasteiger partial charge in [0.2, 0.25) is 0 Å². The van der Waals surface area contributed by atoms with Crippen LogP contribution in [0.1, 0.15) is 19.8 Å². The molecule has 17 heavy (non-hydrogen) atoms. The van der Waals surface area contributed by atoms with Gasteiger partial charge in [-0.15, -0.1) is 0 Å². The van der Waals surface area contributed by atoms with Crippen LogP contribution < -0.4 is 10.2 Å². The normalized spacial score (nSPS) is 19.9. The molecular formula is C13H18BrFN2. The Hall–Kier alpha value is -0.610. The lowest BCUT2D eigenvalue weighted by molar-refractivity contribution is 0.549. The molecule has 2 nitrogen and oxygen atoms in total. The third-order valence-corrected chi connectivity index (χ3v) is 3.76. The van der Waals surface area contributed by atoms with Gasteiger partial charge < -0.3 is 10.2 Å². The maximum absolute atomic E-state index is 13.0. The number of benzene rings is 1. The Kier molecular flexibility index (Phi) is 4.40. The summed E-state index contributed by atoms with van der Waals surface area (Å²) in [7, 11) is 0. The van der Waals surface area contributed by atoms with E-state index in [1.807, 2.05) is 6.07 Å². The summed E-state index contributed by atoms with van der Waals surface area (Å²) < 4.78 is 13.9. The van der Waals surface area contributed by atoms with Gasteiger partial charge in [0.15, 0.2) is 0 Å². The monoisotopic (exact) mass is 300 g/mol. The highest BCUT2D eigenvalue weighted by molar-refractivity contribution is 9.10. The van der Waals surface area contributed by atoms with Crippen LogP contribution in [0.4, 0.5) is 10.1 Å². The summed E-state index contributed by atoms with van der Waals surface area (Å²) in [5.41, 5.74) is 1.09. The van der Waals surface area contributed by atoms with E-state index in [-0.39, 0.29) is 5.82 Å². The van der Waals surface area contributed by atoms with Crippen molar-refractivity contribution in [3.8, 4) is 0 Å². The smallest absolute Gasteiger partial charge is 0.124 e. The fourth-order valence-electron chi connectivity index (χ4n) is 2.23. The van der Waals surface area contributed by atoms with Crippen molar-refractivity contribution >= 4 is 21.6 Å². The third-order valence-electron chi connectivity index (χ3n) is 3.12. The lowest BCUT2D eigenvalue weighted by Crippen LogP contribution is -2.33. The van der Waals surface area contributed by atoms with Crippen molar-refractivity contribution in [1.29, 1.82) is 0 Å². The molecule has 94 valence electrons. The molecule has 0 aliphatic carbocycles. The highest BCUT2D eigenvalue weighted by Crippen LogP contribution is 2.29. The first-order chi connectivity index (χ1) is 8.20. The summed E-state index contributed by atoms with van der Waals surface area (Å²) in [6.07, 6.45) is 2.32. The van der Waals surface area contributed by atoms with Gasteiger partial charge in [-0.25, -0.2) is 4.39 Å². The van der Waals surface area contributed by atoms with Crippen LogP contribution in [0.3, 0.4) is 0 Å². The number of anilines is 1. The zero-order valence-electron chi connectivity index (χ0n) is 10.0. The number of halogens is 2. The van der Waals surface area contributed by atoms with Crippen molar-refractivity contribution in [2.24, 2.45) is 0 Å². The lowest BCUT2D eigenvalue weighted by atomic mass is 10.2. The molecule has 1 aromatic rings. The molecule has 4 heteroatoms. The minimum atomic E-state index is -0.194. The molecular weight excluding hydrogens is 283 g/mol. The average Bonchev–Trinajstić information content (AvgIpc) is 2.75. The van der Waals surface area contributed by atoms with Crippen molar-refractivity contribution in [1.82, 2.24) is 5.32 Å². The average molecular weight is 301 g/mol. The van der Waals surface area contributed by atoms with Gasteiger partial charge in [-0.1, -0.05) is 6.92 Å². The van der Waals surface area contributed by atoms with E-state index in [1.165, 1.54) is 12.1 Å². The molecule has 0 radical (unpaired) electrons. The Morgan fingerprint density at radius 2 is 2.35 bits per heavy atom. The first kappa shape index (κ1) is 12.8. The Balaban J connectivity index is 2.00. The largest absolute Gasteiger partial charge is 0.369 e. The zero-order chi connectivity index (χ0) is 12.3. The standard InChI is InChI=1S/C13H18BrFN2/c1-2-6-16-11-5-7-17(9-11)13-4-3-10(15)8-12(13)14/h3-4,8,11,16H,2,5-7,9H2,1H3. The molecule has 2 rings (SSSR count). The minimum Gasteiger partial charge on any atom is -0.369 e. The Morgan fingerprint density at radius 3 is 3.06 bits per heavy atom. The molecule has 0 aromatic heterocycles. The van der Waals surface area contributed by atoms with Crippen molar-refractivity contribution in [2.45, 2.75) is 25.8 Å². The van der Waals surface area contributed by atoms with Crippen molar-refractivity contribution < 1.29 is 4.39 Å². The van der Waals surface area contributed by atoms with Crippen molar-refractivity contribution in [3.05, 3.63) is 28.5 Å². The summed E-state index contributed by atoms with van der Waals surface area (Å²) in [6.45, 7) is 5.29. The Bertz CT molecular complexity index is 384. The molecule has 0 bridgehead atoms. The number of hydrogen-bond acceptors (Lipinski definition) is 2. The van der Waals surface area contributed by atoms with E-state index in [1.54, 1.807) is 0 Å². The van der Waals surface area contributed by atoms with Crippen molar-refractivity contribution in [3.63, 3.8) is 0 Å². The van der Waals surface area contributed by atoms with Gasteiger partial charge in [-0.2, -0.15) is 0 Å². The zero-order valence-corrected chi connectivity index (χ0v) is 11.6. The summed E-state index contributed by atoms with van der Waals surface area (Å²) >= 11 is 3.43. The van der Waals surface area contributed by atoms with E-state index < -0.39 is 0 Å². The minimum absolute atomic E-state index is 0.194. The molecule has 1 aliphatic rings. The van der Waals surface area contributed by atoms with Crippen LogP contribution in [0.2, 0.25) is 0 Å². The summed E-state index contributed by atoms with van der Waals surface area (Å²) in [5, 5.41) is 3.53. The molecule has 1 heterocycles.